The van der Waals surface area contributed by atoms with Gasteiger partial charge in [-0.15, -0.1) is 0 Å². The lowest BCUT2D eigenvalue weighted by Crippen LogP contribution is -2.61. The van der Waals surface area contributed by atoms with Gasteiger partial charge in [-0.1, -0.05) is 102 Å². The minimum Gasteiger partial charge on any atom is -0.508 e. The second-order valence-electron chi connectivity index (χ2n) is 17.5. The van der Waals surface area contributed by atoms with Crippen LogP contribution in [0, 0.1) is 5.92 Å². The van der Waals surface area contributed by atoms with Crippen LogP contribution < -0.4 is 43.4 Å². The summed E-state index contributed by atoms with van der Waals surface area (Å²) >= 11 is 0. The smallest absolute Gasteiger partial charge is 0.326 e. The predicted octanol–water partition coefficient (Wildman–Crippen LogP) is 0.824. The van der Waals surface area contributed by atoms with Gasteiger partial charge in [0, 0.05) is 30.9 Å². The summed E-state index contributed by atoms with van der Waals surface area (Å²) in [5, 5.41) is 36.3. The fraction of sp³-hybridized carbons (Fsp3) is 0.458. The number of aliphatic carboxylic acids is 1. The number of nitrogens with one attached hydrogen (secondary N) is 6. The molecule has 12 N–H and O–H groups in total. The summed E-state index contributed by atoms with van der Waals surface area (Å²) in [6, 6.07) is 11.8. The lowest BCUT2D eigenvalue weighted by molar-refractivity contribution is -0.145. The van der Waals surface area contributed by atoms with Crippen molar-refractivity contribution in [3.63, 3.8) is 0 Å². The molecule has 0 unspecified atom stereocenters. The number of amides is 7. The summed E-state index contributed by atoms with van der Waals surface area (Å²) in [6.07, 6.45) is 1.19. The van der Waals surface area contributed by atoms with Gasteiger partial charge in [-0.2, -0.15) is 0 Å². The maximum Gasteiger partial charge on any atom is 0.326 e. The number of benzene rings is 3. The molecule has 5 rings (SSSR count). The SMILES string of the molecule is CC(C)[C@H](NC(=O)[C@@H]1CSSC[C@H](NC(=O)[C@H](C)N)C(=O)N[C@@H](Cc2ccccc2)C(=O)N2CCc3ccccc3[C@H]2C(=O)N[C@@H](CCCCN)C(=O)N[C@@H](Cc2ccc(O)cc2)C(=O)N1)C(=O)O. The van der Waals surface area contributed by atoms with Crippen molar-refractivity contribution in [3.05, 3.63) is 101 Å². The third kappa shape index (κ3) is 15.4. The second kappa shape index (κ2) is 26.0. The molecule has 69 heavy (non-hydrogen) atoms. The molecule has 0 aromatic heterocycles. The lowest BCUT2D eigenvalue weighted by atomic mass is 9.90. The first-order valence-electron chi connectivity index (χ1n) is 22.9. The zero-order valence-electron chi connectivity index (χ0n) is 38.9. The van der Waals surface area contributed by atoms with Crippen LogP contribution >= 0.6 is 21.6 Å². The molecule has 2 aliphatic rings. The van der Waals surface area contributed by atoms with Gasteiger partial charge in [0.15, 0.2) is 0 Å². The molecule has 0 radical (unpaired) electrons. The largest absolute Gasteiger partial charge is 0.508 e. The van der Waals surface area contributed by atoms with Crippen molar-refractivity contribution in [1.82, 2.24) is 36.8 Å². The van der Waals surface area contributed by atoms with Gasteiger partial charge in [0.25, 0.3) is 0 Å². The van der Waals surface area contributed by atoms with Crippen molar-refractivity contribution < 1.29 is 48.6 Å². The van der Waals surface area contributed by atoms with Gasteiger partial charge in [-0.3, -0.25) is 33.6 Å². The average molecular weight is 990 g/mol. The topological polar surface area (TPSA) is 304 Å². The van der Waals surface area contributed by atoms with E-state index in [0.29, 0.717) is 36.0 Å². The van der Waals surface area contributed by atoms with Crippen LogP contribution in [0.25, 0.3) is 0 Å². The minimum atomic E-state index is -1.41. The molecule has 1 saturated heterocycles. The van der Waals surface area contributed by atoms with E-state index in [1.165, 1.54) is 24.0 Å². The van der Waals surface area contributed by atoms with Gasteiger partial charge >= 0.3 is 5.97 Å². The molecule has 3 aromatic carbocycles. The maximum absolute atomic E-state index is 15.1. The number of hydrogen-bond acceptors (Lipinski definition) is 13. The highest BCUT2D eigenvalue weighted by Crippen LogP contribution is 2.32. The van der Waals surface area contributed by atoms with E-state index in [-0.39, 0.29) is 49.6 Å². The molecule has 3 aromatic rings. The quantitative estimate of drug-likeness (QED) is 0.0791. The number of nitrogens with two attached hydrogens (primary N) is 2. The highest BCUT2D eigenvalue weighted by atomic mass is 33.1. The number of carbonyl (C=O) groups is 8. The molecule has 21 heteroatoms. The van der Waals surface area contributed by atoms with E-state index in [4.69, 9.17) is 11.5 Å². The molecule has 0 aliphatic carbocycles. The summed E-state index contributed by atoms with van der Waals surface area (Å²) in [7, 11) is 2.10. The highest BCUT2D eigenvalue weighted by Gasteiger charge is 2.41. The van der Waals surface area contributed by atoms with Crippen molar-refractivity contribution in [2.75, 3.05) is 24.6 Å². The Labute approximate surface area is 409 Å². The summed E-state index contributed by atoms with van der Waals surface area (Å²) in [5.41, 5.74) is 14.3. The molecule has 0 saturated carbocycles. The average Bonchev–Trinajstić information content (AvgIpc) is 3.32. The van der Waals surface area contributed by atoms with Gasteiger partial charge in [-0.25, -0.2) is 4.79 Å². The van der Waals surface area contributed by atoms with Gasteiger partial charge in [-0.05, 0) is 79.5 Å². The number of phenolic OH excluding ortho intramolecular Hbond substituents is 1. The normalized spacial score (nSPS) is 22.9. The van der Waals surface area contributed by atoms with Crippen LogP contribution in [0.4, 0.5) is 0 Å². The monoisotopic (exact) mass is 989 g/mol. The van der Waals surface area contributed by atoms with Crippen LogP contribution in [0.1, 0.15) is 68.3 Å². The first kappa shape index (κ1) is 53.8. The maximum atomic E-state index is 15.1. The van der Waals surface area contributed by atoms with Crippen molar-refractivity contribution >= 4 is 68.9 Å². The Morgan fingerprint density at radius 2 is 1.36 bits per heavy atom. The highest BCUT2D eigenvalue weighted by molar-refractivity contribution is 8.76. The van der Waals surface area contributed by atoms with Crippen molar-refractivity contribution in [2.45, 2.75) is 108 Å². The molecule has 19 nitrogen and oxygen atoms in total. The zero-order chi connectivity index (χ0) is 50.2. The van der Waals surface area contributed by atoms with Crippen LogP contribution in [0.2, 0.25) is 0 Å². The molecule has 2 aliphatic heterocycles. The van der Waals surface area contributed by atoms with E-state index in [9.17, 15) is 43.8 Å². The summed E-state index contributed by atoms with van der Waals surface area (Å²) in [5.74, 6) is -7.34. The van der Waals surface area contributed by atoms with E-state index in [2.05, 4.69) is 31.9 Å². The molecule has 1 fully saturated rings. The number of unbranched alkanes of at least 4 members (excludes halogenated alkanes) is 1. The standard InChI is InChI=1S/C48H63N9O10S2/c1-27(2)39(48(66)67)56-45(63)38-26-69-68-25-37(54-41(59)28(3)50)44(62)53-36(24-29-11-5-4-6-12-29)47(65)57-22-20-31-13-7-8-14-33(31)40(57)46(64)51-34(15-9-10-21-49)42(60)52-35(43(61)55-38)23-30-16-18-32(58)19-17-30/h4-8,11-14,16-19,27-28,34-40,58H,9-10,15,20-26,49-50H2,1-3H3,(H,51,64)(H,52,60)(H,53,62)(H,54,59)(H,55,61)(H,56,63)(H,66,67)/t28-,34-,35-,36-,37-,38-,39-,40-/m0/s1. The lowest BCUT2D eigenvalue weighted by Gasteiger charge is -2.39. The van der Waals surface area contributed by atoms with Crippen LogP contribution in [0.5, 0.6) is 5.75 Å². The first-order chi connectivity index (χ1) is 33.0. The number of carboxylic acid groups (broad SMARTS) is 1. The molecule has 0 spiro atoms. The Hall–Kier alpha value is -6.16. The number of phenols is 1. The number of carbonyl (C=O) groups excluding carboxylic acids is 7. The molecular weight excluding hydrogens is 927 g/mol. The minimum absolute atomic E-state index is 0.00446. The van der Waals surface area contributed by atoms with Crippen LogP contribution in [0.15, 0.2) is 78.9 Å². The van der Waals surface area contributed by atoms with Crippen LogP contribution in [0.3, 0.4) is 0 Å². The summed E-state index contributed by atoms with van der Waals surface area (Å²) in [4.78, 5) is 114. The summed E-state index contributed by atoms with van der Waals surface area (Å²) < 4.78 is 0. The molecule has 0 bridgehead atoms. The third-order valence-corrected chi connectivity index (χ3v) is 14.2. The molecule has 2 heterocycles. The van der Waals surface area contributed by atoms with Crippen molar-refractivity contribution in [2.24, 2.45) is 17.4 Å². The second-order valence-corrected chi connectivity index (χ2v) is 20.0. The Morgan fingerprint density at radius 1 is 0.754 bits per heavy atom. The van der Waals surface area contributed by atoms with Crippen molar-refractivity contribution in [3.8, 4) is 5.75 Å². The predicted molar refractivity (Wildman–Crippen MR) is 262 cm³/mol. The molecular formula is C48H63N9O10S2. The van der Waals surface area contributed by atoms with Crippen LogP contribution in [-0.4, -0.2) is 129 Å². The molecule has 7 amide bonds. The number of fused-ring (bicyclic) bond motifs is 3. The first-order valence-corrected chi connectivity index (χ1v) is 25.4. The number of rotatable bonds is 14. The van der Waals surface area contributed by atoms with E-state index in [1.54, 1.807) is 68.4 Å². The number of carboxylic acids is 1. The Kier molecular flexibility index (Phi) is 20.3. The summed E-state index contributed by atoms with van der Waals surface area (Å²) in [6.45, 7) is 5.01. The molecule has 372 valence electrons. The van der Waals surface area contributed by atoms with Gasteiger partial charge in [0.1, 0.15) is 48.0 Å². The third-order valence-electron chi connectivity index (χ3n) is 11.8. The van der Waals surface area contributed by atoms with E-state index >= 15 is 4.79 Å². The fourth-order valence-electron chi connectivity index (χ4n) is 7.91. The zero-order valence-corrected chi connectivity index (χ0v) is 40.5. The fourth-order valence-corrected chi connectivity index (χ4v) is 10.2. The Bertz CT molecular complexity index is 2290. The van der Waals surface area contributed by atoms with Crippen LogP contribution in [-0.2, 0) is 57.6 Å². The Morgan fingerprint density at radius 3 is 2.03 bits per heavy atom. The number of aromatic hydroxyl groups is 1. The number of nitrogens with zero attached hydrogens (tertiary/aromatic N) is 1. The van der Waals surface area contributed by atoms with E-state index in [0.717, 1.165) is 27.2 Å². The van der Waals surface area contributed by atoms with Gasteiger partial charge in [0.05, 0.1) is 6.04 Å². The Balaban J connectivity index is 1.62. The van der Waals surface area contributed by atoms with Gasteiger partial charge in [0.2, 0.25) is 41.4 Å². The van der Waals surface area contributed by atoms with Gasteiger partial charge < -0.3 is 58.5 Å². The molecule has 8 atom stereocenters. The van der Waals surface area contributed by atoms with E-state index in [1.807, 2.05) is 12.1 Å². The van der Waals surface area contributed by atoms with Crippen molar-refractivity contribution in [1.29, 1.82) is 0 Å². The number of hydrogen-bond donors (Lipinski definition) is 10. The van der Waals surface area contributed by atoms with E-state index < -0.39 is 102 Å².